The number of carbonyl (C=O) groups excluding carboxylic acids is 2. The molecule has 2 aromatic rings. The van der Waals surface area contributed by atoms with Crippen LogP contribution in [0.25, 0.3) is 0 Å². The van der Waals surface area contributed by atoms with Crippen LogP contribution in [0.1, 0.15) is 15.9 Å². The summed E-state index contributed by atoms with van der Waals surface area (Å²) in [5.74, 6) is -1.13. The molecular formula is C17H16ClNO5. The number of hydrogen-bond donors (Lipinski definition) is 2. The van der Waals surface area contributed by atoms with Crippen LogP contribution in [-0.2, 0) is 16.1 Å². The van der Waals surface area contributed by atoms with Gasteiger partial charge in [-0.3, -0.25) is 4.79 Å². The minimum atomic E-state index is -0.798. The number of esters is 1. The van der Waals surface area contributed by atoms with Gasteiger partial charge in [0, 0.05) is 17.6 Å². The summed E-state index contributed by atoms with van der Waals surface area (Å²) >= 11 is 5.85. The Kier molecular flexibility index (Phi) is 6.03. The maximum atomic E-state index is 11.9. The first-order chi connectivity index (χ1) is 11.5. The molecule has 0 saturated heterocycles. The number of rotatable bonds is 6. The van der Waals surface area contributed by atoms with Crippen LogP contribution in [0.15, 0.2) is 42.5 Å². The zero-order chi connectivity index (χ0) is 17.5. The van der Waals surface area contributed by atoms with Crippen LogP contribution in [0.5, 0.6) is 11.5 Å². The SMILES string of the molecule is COc1ccc(C(=O)OCC(=O)NCc2cccc(Cl)c2)c(O)c1. The minimum Gasteiger partial charge on any atom is -0.507 e. The number of amides is 1. The molecule has 0 heterocycles. The smallest absolute Gasteiger partial charge is 0.342 e. The number of ether oxygens (including phenoxy) is 2. The molecule has 0 fully saturated rings. The molecule has 2 rings (SSSR count). The van der Waals surface area contributed by atoms with E-state index >= 15 is 0 Å². The first kappa shape index (κ1) is 17.6. The second-order valence-corrected chi connectivity index (χ2v) is 5.30. The summed E-state index contributed by atoms with van der Waals surface area (Å²) in [6, 6.07) is 11.2. The van der Waals surface area contributed by atoms with Crippen molar-refractivity contribution in [2.45, 2.75) is 6.54 Å². The third kappa shape index (κ3) is 4.89. The summed E-state index contributed by atoms with van der Waals surface area (Å²) in [4.78, 5) is 23.6. The Morgan fingerprint density at radius 2 is 2.00 bits per heavy atom. The van der Waals surface area contributed by atoms with Gasteiger partial charge in [-0.2, -0.15) is 0 Å². The summed E-state index contributed by atoms with van der Waals surface area (Å²) in [6.07, 6.45) is 0. The molecule has 0 saturated carbocycles. The number of nitrogens with one attached hydrogen (secondary N) is 1. The number of carbonyl (C=O) groups is 2. The van der Waals surface area contributed by atoms with Crippen molar-refractivity contribution in [1.82, 2.24) is 5.32 Å². The van der Waals surface area contributed by atoms with E-state index in [0.717, 1.165) is 5.56 Å². The molecule has 0 unspecified atom stereocenters. The van der Waals surface area contributed by atoms with Crippen LogP contribution in [0.2, 0.25) is 5.02 Å². The van der Waals surface area contributed by atoms with Crippen molar-refractivity contribution in [3.05, 3.63) is 58.6 Å². The van der Waals surface area contributed by atoms with Gasteiger partial charge in [0.1, 0.15) is 17.1 Å². The normalized spacial score (nSPS) is 10.1. The second-order valence-electron chi connectivity index (χ2n) is 4.87. The van der Waals surface area contributed by atoms with Crippen molar-refractivity contribution in [1.29, 1.82) is 0 Å². The highest BCUT2D eigenvalue weighted by Gasteiger charge is 2.15. The summed E-state index contributed by atoms with van der Waals surface area (Å²) in [6.45, 7) is -0.185. The first-order valence-electron chi connectivity index (χ1n) is 7.05. The highest BCUT2D eigenvalue weighted by Crippen LogP contribution is 2.23. The molecule has 6 nitrogen and oxygen atoms in total. The molecule has 0 bridgehead atoms. The maximum absolute atomic E-state index is 11.9. The molecular weight excluding hydrogens is 334 g/mol. The van der Waals surface area contributed by atoms with Crippen molar-refractivity contribution in [3.8, 4) is 11.5 Å². The highest BCUT2D eigenvalue weighted by atomic mass is 35.5. The predicted octanol–water partition coefficient (Wildman–Crippen LogP) is 2.53. The lowest BCUT2D eigenvalue weighted by atomic mass is 10.2. The fraction of sp³-hybridized carbons (Fsp3) is 0.176. The van der Waals surface area contributed by atoms with Gasteiger partial charge in [-0.05, 0) is 29.8 Å². The lowest BCUT2D eigenvalue weighted by Gasteiger charge is -2.08. The zero-order valence-corrected chi connectivity index (χ0v) is 13.7. The molecule has 0 aliphatic carbocycles. The molecule has 0 radical (unpaired) electrons. The average Bonchev–Trinajstić information content (AvgIpc) is 2.57. The van der Waals surface area contributed by atoms with Crippen molar-refractivity contribution in [2.24, 2.45) is 0 Å². The van der Waals surface area contributed by atoms with E-state index in [0.29, 0.717) is 10.8 Å². The largest absolute Gasteiger partial charge is 0.507 e. The van der Waals surface area contributed by atoms with Crippen LogP contribution in [0, 0.1) is 0 Å². The van der Waals surface area contributed by atoms with Crippen LogP contribution in [0.4, 0.5) is 0 Å². The van der Waals surface area contributed by atoms with Gasteiger partial charge < -0.3 is 19.9 Å². The lowest BCUT2D eigenvalue weighted by Crippen LogP contribution is -2.28. The van der Waals surface area contributed by atoms with Crippen LogP contribution in [-0.4, -0.2) is 30.7 Å². The van der Waals surface area contributed by atoms with Crippen molar-refractivity contribution in [2.75, 3.05) is 13.7 Å². The Bertz CT molecular complexity index is 748. The Hall–Kier alpha value is -2.73. The number of phenolic OH excluding ortho intramolecular Hbond substituents is 1. The van der Waals surface area contributed by atoms with Gasteiger partial charge in [0.2, 0.25) is 0 Å². The number of halogens is 1. The van der Waals surface area contributed by atoms with Crippen molar-refractivity contribution < 1.29 is 24.2 Å². The van der Waals surface area contributed by atoms with E-state index in [9.17, 15) is 14.7 Å². The molecule has 1 amide bonds. The van der Waals surface area contributed by atoms with E-state index < -0.39 is 18.5 Å². The van der Waals surface area contributed by atoms with Gasteiger partial charge in [0.05, 0.1) is 7.11 Å². The van der Waals surface area contributed by atoms with E-state index in [1.807, 2.05) is 6.07 Å². The number of methoxy groups -OCH3 is 1. The summed E-state index contributed by atoms with van der Waals surface area (Å²) < 4.78 is 9.80. The van der Waals surface area contributed by atoms with Crippen molar-refractivity contribution >= 4 is 23.5 Å². The molecule has 0 spiro atoms. The topological polar surface area (TPSA) is 84.9 Å². The average molecular weight is 350 g/mol. The molecule has 2 aromatic carbocycles. The monoisotopic (exact) mass is 349 g/mol. The summed E-state index contributed by atoms with van der Waals surface area (Å²) in [5.41, 5.74) is 0.786. The number of phenols is 1. The molecule has 2 N–H and O–H groups in total. The van der Waals surface area contributed by atoms with Crippen molar-refractivity contribution in [3.63, 3.8) is 0 Å². The van der Waals surface area contributed by atoms with E-state index in [1.165, 1.54) is 25.3 Å². The zero-order valence-electron chi connectivity index (χ0n) is 12.9. The number of hydrogen-bond acceptors (Lipinski definition) is 5. The summed E-state index contributed by atoms with van der Waals surface area (Å²) in [5, 5.41) is 12.9. The molecule has 0 aliphatic heterocycles. The molecule has 7 heteroatoms. The fourth-order valence-electron chi connectivity index (χ4n) is 1.92. The molecule has 0 aromatic heterocycles. The molecule has 126 valence electrons. The standard InChI is InChI=1S/C17H16ClNO5/c1-23-13-5-6-14(15(20)8-13)17(22)24-10-16(21)19-9-11-3-2-4-12(18)7-11/h2-8,20H,9-10H2,1H3,(H,19,21). The highest BCUT2D eigenvalue weighted by molar-refractivity contribution is 6.30. The third-order valence-electron chi connectivity index (χ3n) is 3.14. The second kappa shape index (κ2) is 8.21. The number of benzene rings is 2. The quantitative estimate of drug-likeness (QED) is 0.783. The van der Waals surface area contributed by atoms with E-state index in [-0.39, 0.29) is 17.9 Å². The van der Waals surface area contributed by atoms with E-state index in [1.54, 1.807) is 18.2 Å². The molecule has 0 atom stereocenters. The van der Waals surface area contributed by atoms with Gasteiger partial charge in [-0.25, -0.2) is 4.79 Å². The Labute approximate surface area is 144 Å². The first-order valence-corrected chi connectivity index (χ1v) is 7.42. The lowest BCUT2D eigenvalue weighted by molar-refractivity contribution is -0.124. The van der Waals surface area contributed by atoms with Gasteiger partial charge in [-0.1, -0.05) is 23.7 Å². The maximum Gasteiger partial charge on any atom is 0.342 e. The third-order valence-corrected chi connectivity index (χ3v) is 3.37. The van der Waals surface area contributed by atoms with E-state index in [2.05, 4.69) is 5.32 Å². The predicted molar refractivity (Wildman–Crippen MR) is 88.2 cm³/mol. The van der Waals surface area contributed by atoms with Gasteiger partial charge in [0.15, 0.2) is 6.61 Å². The Morgan fingerprint density at radius 3 is 2.67 bits per heavy atom. The van der Waals surface area contributed by atoms with Crippen LogP contribution >= 0.6 is 11.6 Å². The Morgan fingerprint density at radius 1 is 1.21 bits per heavy atom. The molecule has 0 aliphatic rings. The Balaban J connectivity index is 1.84. The number of aromatic hydroxyl groups is 1. The fourth-order valence-corrected chi connectivity index (χ4v) is 2.13. The van der Waals surface area contributed by atoms with E-state index in [4.69, 9.17) is 21.1 Å². The van der Waals surface area contributed by atoms with Gasteiger partial charge in [0.25, 0.3) is 5.91 Å². The van der Waals surface area contributed by atoms with Gasteiger partial charge >= 0.3 is 5.97 Å². The summed E-state index contributed by atoms with van der Waals surface area (Å²) in [7, 11) is 1.44. The van der Waals surface area contributed by atoms with Crippen LogP contribution < -0.4 is 10.1 Å². The van der Waals surface area contributed by atoms with Gasteiger partial charge in [-0.15, -0.1) is 0 Å². The molecule has 24 heavy (non-hydrogen) atoms. The van der Waals surface area contributed by atoms with Crippen LogP contribution in [0.3, 0.4) is 0 Å². The minimum absolute atomic E-state index is 0.0431.